The van der Waals surface area contributed by atoms with E-state index in [1.54, 1.807) is 13.2 Å². The Morgan fingerprint density at radius 1 is 1.30 bits per heavy atom. The molecule has 0 saturated heterocycles. The lowest BCUT2D eigenvalue weighted by molar-refractivity contribution is -0.149. The maximum atomic E-state index is 11.8. The Kier molecular flexibility index (Phi) is 9.98. The zero-order valence-corrected chi connectivity index (χ0v) is 19.7. The van der Waals surface area contributed by atoms with Gasteiger partial charge in [0.05, 0.1) is 12.5 Å². The van der Waals surface area contributed by atoms with Gasteiger partial charge in [-0.2, -0.15) is 4.98 Å². The standard InChI is InChI=1S/C20H28N6O3.HI/c1-3-28-19(27)14-7-9-15(10-8-14)24-20(21-2)23-13-11-17-25-18(29-26-17)16-6-4-5-12-22-16;/h4-6,12,14-15H,3,7-11,13H2,1-2H3,(H2,21,23,24);1H. The highest BCUT2D eigenvalue weighted by atomic mass is 127. The fourth-order valence-electron chi connectivity index (χ4n) is 3.36. The third kappa shape index (κ3) is 6.92. The Hall–Kier alpha value is -2.24. The van der Waals surface area contributed by atoms with Crippen molar-refractivity contribution >= 4 is 35.9 Å². The molecule has 3 rings (SSSR count). The van der Waals surface area contributed by atoms with Crippen LogP contribution in [0.4, 0.5) is 0 Å². The van der Waals surface area contributed by atoms with Crippen molar-refractivity contribution in [2.75, 3.05) is 20.2 Å². The third-order valence-corrected chi connectivity index (χ3v) is 4.90. The maximum Gasteiger partial charge on any atom is 0.308 e. The van der Waals surface area contributed by atoms with Crippen molar-refractivity contribution in [3.63, 3.8) is 0 Å². The van der Waals surface area contributed by atoms with Crippen LogP contribution in [0.15, 0.2) is 33.9 Å². The normalized spacial score (nSPS) is 18.9. The molecule has 9 nitrogen and oxygen atoms in total. The quantitative estimate of drug-likeness (QED) is 0.244. The van der Waals surface area contributed by atoms with Crippen molar-refractivity contribution in [1.82, 2.24) is 25.8 Å². The van der Waals surface area contributed by atoms with Gasteiger partial charge in [-0.15, -0.1) is 24.0 Å². The Morgan fingerprint density at radius 3 is 2.77 bits per heavy atom. The second kappa shape index (κ2) is 12.5. The Labute approximate surface area is 193 Å². The number of carbonyl (C=O) groups excluding carboxylic acids is 1. The van der Waals surface area contributed by atoms with Crippen LogP contribution in [0.2, 0.25) is 0 Å². The van der Waals surface area contributed by atoms with Crippen LogP contribution in [0.3, 0.4) is 0 Å². The van der Waals surface area contributed by atoms with E-state index in [1.807, 2.05) is 25.1 Å². The van der Waals surface area contributed by atoms with Gasteiger partial charge in [-0.1, -0.05) is 11.2 Å². The fourth-order valence-corrected chi connectivity index (χ4v) is 3.36. The van der Waals surface area contributed by atoms with E-state index < -0.39 is 0 Å². The van der Waals surface area contributed by atoms with Crippen LogP contribution in [0, 0.1) is 5.92 Å². The summed E-state index contributed by atoms with van der Waals surface area (Å²) in [7, 11) is 1.74. The molecule has 0 bridgehead atoms. The van der Waals surface area contributed by atoms with Crippen LogP contribution in [0.25, 0.3) is 11.6 Å². The first-order valence-corrected chi connectivity index (χ1v) is 10.1. The summed E-state index contributed by atoms with van der Waals surface area (Å²) < 4.78 is 10.4. The number of carbonyl (C=O) groups is 1. The number of esters is 1. The zero-order valence-electron chi connectivity index (χ0n) is 17.3. The van der Waals surface area contributed by atoms with Gasteiger partial charge < -0.3 is 19.9 Å². The summed E-state index contributed by atoms with van der Waals surface area (Å²) in [4.78, 5) is 24.7. The molecule has 30 heavy (non-hydrogen) atoms. The molecule has 10 heteroatoms. The molecule has 2 heterocycles. The van der Waals surface area contributed by atoms with Crippen LogP contribution in [-0.2, 0) is 16.0 Å². The molecule has 0 spiro atoms. The lowest BCUT2D eigenvalue weighted by atomic mass is 9.86. The van der Waals surface area contributed by atoms with Crippen molar-refractivity contribution < 1.29 is 14.1 Å². The van der Waals surface area contributed by atoms with Gasteiger partial charge in [0.2, 0.25) is 0 Å². The molecule has 2 aromatic heterocycles. The first kappa shape index (κ1) is 24.0. The molecule has 0 atom stereocenters. The van der Waals surface area contributed by atoms with Gasteiger partial charge in [-0.05, 0) is 44.7 Å². The third-order valence-electron chi connectivity index (χ3n) is 4.90. The van der Waals surface area contributed by atoms with Gasteiger partial charge in [-0.3, -0.25) is 14.8 Å². The molecule has 1 fully saturated rings. The minimum absolute atomic E-state index is 0. The zero-order chi connectivity index (χ0) is 20.5. The van der Waals surface area contributed by atoms with Crippen LogP contribution in [0.1, 0.15) is 38.4 Å². The molecule has 0 unspecified atom stereocenters. The number of hydrogen-bond acceptors (Lipinski definition) is 7. The molecule has 0 aromatic carbocycles. The van der Waals surface area contributed by atoms with Crippen molar-refractivity contribution in [2.45, 2.75) is 45.1 Å². The molecule has 164 valence electrons. The Morgan fingerprint density at radius 2 is 2.10 bits per heavy atom. The number of nitrogens with zero attached hydrogens (tertiary/aromatic N) is 4. The monoisotopic (exact) mass is 528 g/mol. The average molecular weight is 528 g/mol. The van der Waals surface area contributed by atoms with Crippen molar-refractivity contribution in [3.05, 3.63) is 30.2 Å². The van der Waals surface area contributed by atoms with Crippen molar-refractivity contribution in [1.29, 1.82) is 0 Å². The first-order chi connectivity index (χ1) is 14.2. The number of ether oxygens (including phenoxy) is 1. The summed E-state index contributed by atoms with van der Waals surface area (Å²) in [5.74, 6) is 1.72. The van der Waals surface area contributed by atoms with Gasteiger partial charge in [0, 0.05) is 32.3 Å². The van der Waals surface area contributed by atoms with E-state index in [1.165, 1.54) is 0 Å². The Bertz CT molecular complexity index is 806. The van der Waals surface area contributed by atoms with E-state index in [-0.39, 0.29) is 35.9 Å². The molecule has 1 aliphatic carbocycles. The summed E-state index contributed by atoms with van der Waals surface area (Å²) in [6.07, 6.45) is 5.81. The SMILES string of the molecule is CCOC(=O)C1CCC(NC(=NC)NCCc2noc(-c3ccccn3)n2)CC1.I. The highest BCUT2D eigenvalue weighted by Crippen LogP contribution is 2.25. The topological polar surface area (TPSA) is 115 Å². The van der Waals surface area contributed by atoms with Gasteiger partial charge in [0.1, 0.15) is 5.69 Å². The summed E-state index contributed by atoms with van der Waals surface area (Å²) in [6.45, 7) is 2.91. The van der Waals surface area contributed by atoms with Crippen LogP contribution < -0.4 is 10.6 Å². The fraction of sp³-hybridized carbons (Fsp3) is 0.550. The number of aromatic nitrogens is 3. The number of hydrogen-bond donors (Lipinski definition) is 2. The lowest BCUT2D eigenvalue weighted by Gasteiger charge is -2.29. The predicted octanol–water partition coefficient (Wildman–Crippen LogP) is 2.58. The number of halogens is 1. The number of rotatable bonds is 7. The minimum Gasteiger partial charge on any atom is -0.466 e. The summed E-state index contributed by atoms with van der Waals surface area (Å²) in [6, 6.07) is 5.85. The van der Waals surface area contributed by atoms with E-state index in [0.717, 1.165) is 31.6 Å². The van der Waals surface area contributed by atoms with Gasteiger partial charge in [0.15, 0.2) is 11.8 Å². The van der Waals surface area contributed by atoms with Gasteiger partial charge in [-0.25, -0.2) is 0 Å². The van der Waals surface area contributed by atoms with E-state index in [2.05, 4.69) is 30.8 Å². The molecular formula is C20H29IN6O3. The second-order valence-corrected chi connectivity index (χ2v) is 6.92. The van der Waals surface area contributed by atoms with E-state index in [0.29, 0.717) is 43.0 Å². The Balaban J connectivity index is 0.00000320. The van der Waals surface area contributed by atoms with Gasteiger partial charge in [0.25, 0.3) is 5.89 Å². The predicted molar refractivity (Wildman–Crippen MR) is 124 cm³/mol. The first-order valence-electron chi connectivity index (χ1n) is 10.1. The van der Waals surface area contributed by atoms with E-state index in [9.17, 15) is 4.79 Å². The molecule has 0 amide bonds. The molecule has 0 radical (unpaired) electrons. The van der Waals surface area contributed by atoms with Crippen molar-refractivity contribution in [3.8, 4) is 11.6 Å². The molecule has 1 saturated carbocycles. The molecular weight excluding hydrogens is 499 g/mol. The minimum atomic E-state index is -0.0707. The van der Waals surface area contributed by atoms with E-state index in [4.69, 9.17) is 9.26 Å². The van der Waals surface area contributed by atoms with Crippen LogP contribution in [-0.4, -0.2) is 53.3 Å². The number of guanidine groups is 1. The molecule has 2 N–H and O–H groups in total. The largest absolute Gasteiger partial charge is 0.466 e. The summed E-state index contributed by atoms with van der Waals surface area (Å²) in [5, 5.41) is 10.7. The van der Waals surface area contributed by atoms with Crippen LogP contribution >= 0.6 is 24.0 Å². The van der Waals surface area contributed by atoms with Crippen LogP contribution in [0.5, 0.6) is 0 Å². The lowest BCUT2D eigenvalue weighted by Crippen LogP contribution is -2.45. The van der Waals surface area contributed by atoms with Crippen molar-refractivity contribution in [2.24, 2.45) is 10.9 Å². The smallest absolute Gasteiger partial charge is 0.308 e. The average Bonchev–Trinajstić information content (AvgIpc) is 3.23. The molecule has 1 aliphatic rings. The molecule has 2 aromatic rings. The summed E-state index contributed by atoms with van der Waals surface area (Å²) in [5.41, 5.74) is 0.662. The van der Waals surface area contributed by atoms with Gasteiger partial charge >= 0.3 is 5.97 Å². The number of pyridine rings is 1. The number of aliphatic imine (C=N–C) groups is 1. The second-order valence-electron chi connectivity index (χ2n) is 6.92. The molecule has 0 aliphatic heterocycles. The number of nitrogens with one attached hydrogen (secondary N) is 2. The maximum absolute atomic E-state index is 11.8. The van der Waals surface area contributed by atoms with E-state index >= 15 is 0 Å². The highest BCUT2D eigenvalue weighted by molar-refractivity contribution is 14.0. The highest BCUT2D eigenvalue weighted by Gasteiger charge is 2.27. The summed E-state index contributed by atoms with van der Waals surface area (Å²) >= 11 is 0.